The maximum absolute atomic E-state index is 12.1. The lowest BCUT2D eigenvalue weighted by molar-refractivity contribution is 0.0958. The Kier molecular flexibility index (Phi) is 3.78. The Balaban J connectivity index is 1.61. The quantitative estimate of drug-likeness (QED) is 0.729. The van der Waals surface area contributed by atoms with Crippen molar-refractivity contribution in [2.45, 2.75) is 37.0 Å². The Hall–Kier alpha value is -1.35. The summed E-state index contributed by atoms with van der Waals surface area (Å²) in [6.45, 7) is 0.143. The summed E-state index contributed by atoms with van der Waals surface area (Å²) in [5.74, 6) is 0.0528. The van der Waals surface area contributed by atoms with Crippen LogP contribution in [-0.4, -0.2) is 42.9 Å². The summed E-state index contributed by atoms with van der Waals surface area (Å²) >= 11 is 1.21. The number of rotatable bonds is 5. The minimum atomic E-state index is -3.05. The van der Waals surface area contributed by atoms with Crippen LogP contribution in [0.1, 0.15) is 35.4 Å². The molecule has 2 aliphatic rings. The van der Waals surface area contributed by atoms with Crippen LogP contribution < -0.4 is 16.4 Å². The zero-order valence-electron chi connectivity index (χ0n) is 11.5. The van der Waals surface area contributed by atoms with Gasteiger partial charge in [-0.3, -0.25) is 4.79 Å². The van der Waals surface area contributed by atoms with Crippen molar-refractivity contribution in [1.29, 1.82) is 0 Å². The molecule has 1 aromatic rings. The molecule has 0 spiro atoms. The van der Waals surface area contributed by atoms with E-state index in [9.17, 15) is 13.2 Å². The van der Waals surface area contributed by atoms with Gasteiger partial charge in [0.05, 0.1) is 11.0 Å². The topological polar surface area (TPSA) is 114 Å². The molecule has 9 heteroatoms. The van der Waals surface area contributed by atoms with Gasteiger partial charge in [-0.25, -0.2) is 13.4 Å². The third-order valence-corrected chi connectivity index (χ3v) is 6.99. The SMILES string of the molecule is Nc1nc(NC2CC2)sc1C(=O)NCC1CCCS1(=O)=O. The molecule has 1 atom stereocenters. The van der Waals surface area contributed by atoms with Gasteiger partial charge in [0.1, 0.15) is 10.7 Å². The highest BCUT2D eigenvalue weighted by atomic mass is 32.2. The molecule has 1 aliphatic heterocycles. The van der Waals surface area contributed by atoms with E-state index >= 15 is 0 Å². The van der Waals surface area contributed by atoms with Crippen LogP contribution >= 0.6 is 11.3 Å². The molecular formula is C12H18N4O3S2. The van der Waals surface area contributed by atoms with Crippen molar-refractivity contribution < 1.29 is 13.2 Å². The summed E-state index contributed by atoms with van der Waals surface area (Å²) in [7, 11) is -3.05. The van der Waals surface area contributed by atoms with Crippen LogP contribution in [0.15, 0.2) is 0 Å². The van der Waals surface area contributed by atoms with Crippen LogP contribution in [0.5, 0.6) is 0 Å². The highest BCUT2D eigenvalue weighted by Crippen LogP contribution is 2.30. The van der Waals surface area contributed by atoms with Crippen LogP contribution in [0.2, 0.25) is 0 Å². The average Bonchev–Trinajstić information content (AvgIpc) is 3.05. The second-order valence-electron chi connectivity index (χ2n) is 5.49. The maximum atomic E-state index is 12.1. The van der Waals surface area contributed by atoms with E-state index in [1.165, 1.54) is 11.3 Å². The maximum Gasteiger partial charge on any atom is 0.265 e. The van der Waals surface area contributed by atoms with Gasteiger partial charge in [-0.1, -0.05) is 11.3 Å². The van der Waals surface area contributed by atoms with E-state index in [0.29, 0.717) is 28.9 Å². The molecule has 2 fully saturated rings. The van der Waals surface area contributed by atoms with E-state index in [-0.39, 0.29) is 24.0 Å². The van der Waals surface area contributed by atoms with Crippen LogP contribution in [0.3, 0.4) is 0 Å². The van der Waals surface area contributed by atoms with Gasteiger partial charge in [-0.2, -0.15) is 0 Å². The Morgan fingerprint density at radius 2 is 2.14 bits per heavy atom. The largest absolute Gasteiger partial charge is 0.382 e. The van der Waals surface area contributed by atoms with E-state index < -0.39 is 15.1 Å². The van der Waals surface area contributed by atoms with Crippen molar-refractivity contribution >= 4 is 38.0 Å². The van der Waals surface area contributed by atoms with Gasteiger partial charge in [0, 0.05) is 12.6 Å². The number of nitrogens with two attached hydrogens (primary N) is 1. The molecule has 0 aromatic carbocycles. The Morgan fingerprint density at radius 3 is 2.76 bits per heavy atom. The molecular weight excluding hydrogens is 312 g/mol. The standard InChI is InChI=1S/C12H18N4O3S2/c13-10-9(20-12(16-10)15-7-3-4-7)11(17)14-6-8-2-1-5-21(8,18)19/h7-8H,1-6,13H2,(H,14,17)(H,15,16). The van der Waals surface area contributed by atoms with Gasteiger partial charge in [0.2, 0.25) is 0 Å². The molecule has 1 saturated carbocycles. The Morgan fingerprint density at radius 1 is 1.38 bits per heavy atom. The molecule has 7 nitrogen and oxygen atoms in total. The predicted molar refractivity (Wildman–Crippen MR) is 82.3 cm³/mol. The molecule has 2 heterocycles. The number of thiazole rings is 1. The van der Waals surface area contributed by atoms with Gasteiger partial charge in [0.25, 0.3) is 5.91 Å². The smallest absolute Gasteiger partial charge is 0.265 e. The predicted octanol–water partition coefficient (Wildman–Crippen LogP) is 0.607. The normalized spacial score (nSPS) is 23.9. The van der Waals surface area contributed by atoms with Crippen molar-refractivity contribution in [2.75, 3.05) is 23.3 Å². The lowest BCUT2D eigenvalue weighted by Gasteiger charge is -2.10. The molecule has 116 valence electrons. The van der Waals surface area contributed by atoms with Crippen molar-refractivity contribution in [3.05, 3.63) is 4.88 Å². The van der Waals surface area contributed by atoms with Crippen molar-refractivity contribution in [2.24, 2.45) is 0 Å². The minimum Gasteiger partial charge on any atom is -0.382 e. The number of nitrogens with zero attached hydrogens (tertiary/aromatic N) is 1. The van der Waals surface area contributed by atoms with E-state index in [0.717, 1.165) is 12.8 Å². The number of sulfone groups is 1. The minimum absolute atomic E-state index is 0.143. The van der Waals surface area contributed by atoms with Gasteiger partial charge >= 0.3 is 0 Å². The fourth-order valence-corrected chi connectivity index (χ4v) is 4.98. The molecule has 3 rings (SSSR count). The Bertz CT molecular complexity index is 651. The number of hydrogen-bond donors (Lipinski definition) is 3. The highest BCUT2D eigenvalue weighted by Gasteiger charge is 2.32. The first-order chi connectivity index (χ1) is 9.95. The van der Waals surface area contributed by atoms with Crippen LogP contribution in [0.4, 0.5) is 10.9 Å². The summed E-state index contributed by atoms with van der Waals surface area (Å²) < 4.78 is 23.4. The number of nitrogen functional groups attached to an aromatic ring is 1. The third-order valence-electron chi connectivity index (χ3n) is 3.72. The summed E-state index contributed by atoms with van der Waals surface area (Å²) in [5.41, 5.74) is 5.76. The summed E-state index contributed by atoms with van der Waals surface area (Å²) in [4.78, 5) is 16.6. The van der Waals surface area contributed by atoms with E-state index in [4.69, 9.17) is 5.73 Å². The van der Waals surface area contributed by atoms with Gasteiger partial charge in [-0.15, -0.1) is 0 Å². The van der Waals surface area contributed by atoms with E-state index in [2.05, 4.69) is 15.6 Å². The summed E-state index contributed by atoms with van der Waals surface area (Å²) in [6, 6.07) is 0.440. The number of nitrogens with one attached hydrogen (secondary N) is 2. The van der Waals surface area contributed by atoms with Crippen LogP contribution in [0, 0.1) is 0 Å². The Labute approximate surface area is 127 Å². The molecule has 0 radical (unpaired) electrons. The molecule has 1 aliphatic carbocycles. The molecule has 1 amide bonds. The van der Waals surface area contributed by atoms with Gasteiger partial charge < -0.3 is 16.4 Å². The summed E-state index contributed by atoms with van der Waals surface area (Å²) in [6.07, 6.45) is 3.50. The van der Waals surface area contributed by atoms with Crippen molar-refractivity contribution in [3.8, 4) is 0 Å². The molecule has 1 unspecified atom stereocenters. The molecule has 1 aromatic heterocycles. The van der Waals surface area contributed by atoms with Gasteiger partial charge in [-0.05, 0) is 25.7 Å². The van der Waals surface area contributed by atoms with Crippen molar-refractivity contribution in [3.63, 3.8) is 0 Å². The number of carbonyl (C=O) groups is 1. The third kappa shape index (κ3) is 3.29. The van der Waals surface area contributed by atoms with Crippen LogP contribution in [-0.2, 0) is 9.84 Å². The van der Waals surface area contributed by atoms with E-state index in [1.54, 1.807) is 0 Å². The van der Waals surface area contributed by atoms with Gasteiger partial charge in [0.15, 0.2) is 15.0 Å². The molecule has 1 saturated heterocycles. The fourth-order valence-electron chi connectivity index (χ4n) is 2.33. The number of anilines is 2. The monoisotopic (exact) mass is 330 g/mol. The molecule has 0 bridgehead atoms. The molecule has 4 N–H and O–H groups in total. The first-order valence-electron chi connectivity index (χ1n) is 6.98. The van der Waals surface area contributed by atoms with Crippen molar-refractivity contribution in [1.82, 2.24) is 10.3 Å². The fraction of sp³-hybridized carbons (Fsp3) is 0.667. The van der Waals surface area contributed by atoms with Crippen LogP contribution in [0.25, 0.3) is 0 Å². The highest BCUT2D eigenvalue weighted by molar-refractivity contribution is 7.92. The number of aromatic nitrogens is 1. The number of amides is 1. The second-order valence-corrected chi connectivity index (χ2v) is 8.89. The first kappa shape index (κ1) is 14.6. The van der Waals surface area contributed by atoms with E-state index in [1.807, 2.05) is 0 Å². The summed E-state index contributed by atoms with van der Waals surface area (Å²) in [5, 5.41) is 6.03. The lowest BCUT2D eigenvalue weighted by atomic mass is 10.2. The zero-order chi connectivity index (χ0) is 15.0. The number of carbonyl (C=O) groups excluding carboxylic acids is 1. The second kappa shape index (κ2) is 5.45. The number of hydrogen-bond acceptors (Lipinski definition) is 7. The molecule has 21 heavy (non-hydrogen) atoms. The lowest BCUT2D eigenvalue weighted by Crippen LogP contribution is -2.34. The zero-order valence-corrected chi connectivity index (χ0v) is 13.1. The average molecular weight is 330 g/mol. The first-order valence-corrected chi connectivity index (χ1v) is 9.51.